The highest BCUT2D eigenvalue weighted by Gasteiger charge is 2.08. The number of nitrogens with two attached hydrogens (primary N) is 1. The topological polar surface area (TPSA) is 63.4 Å². The zero-order valence-corrected chi connectivity index (χ0v) is 9.35. The van der Waals surface area contributed by atoms with Crippen molar-refractivity contribution in [2.24, 2.45) is 0 Å². The second kappa shape index (κ2) is 5.67. The summed E-state index contributed by atoms with van der Waals surface area (Å²) in [6.07, 6.45) is 1.76. The molecule has 16 heavy (non-hydrogen) atoms. The van der Waals surface area contributed by atoms with Crippen molar-refractivity contribution in [1.29, 1.82) is 0 Å². The minimum Gasteiger partial charge on any atom is -0.384 e. The summed E-state index contributed by atoms with van der Waals surface area (Å²) >= 11 is 0. The number of ether oxygens (including phenoxy) is 1. The number of anilines is 2. The van der Waals surface area contributed by atoms with Crippen LogP contribution in [0.2, 0.25) is 0 Å². The first-order chi connectivity index (χ1) is 7.84. The summed E-state index contributed by atoms with van der Waals surface area (Å²) in [5.74, 6) is 0.554. The molecule has 1 fully saturated rings. The van der Waals surface area contributed by atoms with Gasteiger partial charge in [0, 0.05) is 26.2 Å². The van der Waals surface area contributed by atoms with Crippen LogP contribution in [0.15, 0.2) is 18.3 Å². The van der Waals surface area contributed by atoms with Crippen LogP contribution in [-0.2, 0) is 4.74 Å². The Hall–Kier alpha value is -1.33. The lowest BCUT2D eigenvalue weighted by Gasteiger charge is -2.26. The summed E-state index contributed by atoms with van der Waals surface area (Å²) < 4.78 is 5.29. The maximum atomic E-state index is 5.51. The zero-order chi connectivity index (χ0) is 11.2. The van der Waals surface area contributed by atoms with Crippen LogP contribution < -0.4 is 11.1 Å². The molecule has 0 amide bonds. The molecule has 1 saturated heterocycles. The lowest BCUT2D eigenvalue weighted by Crippen LogP contribution is -2.39. The van der Waals surface area contributed by atoms with Gasteiger partial charge in [-0.1, -0.05) is 0 Å². The summed E-state index contributed by atoms with van der Waals surface area (Å²) in [6, 6.07) is 3.75. The SMILES string of the molecule is Nc1ccc(NCCN2CCOCC2)cn1. The molecule has 0 bridgehead atoms. The second-order valence-electron chi connectivity index (χ2n) is 3.85. The van der Waals surface area contributed by atoms with Gasteiger partial charge < -0.3 is 15.8 Å². The molecule has 0 atom stereocenters. The van der Waals surface area contributed by atoms with Gasteiger partial charge in [0.2, 0.25) is 0 Å². The molecule has 1 aromatic heterocycles. The first kappa shape index (κ1) is 11.2. The minimum atomic E-state index is 0.554. The third-order valence-electron chi connectivity index (χ3n) is 2.65. The van der Waals surface area contributed by atoms with E-state index in [1.54, 1.807) is 12.3 Å². The predicted octanol–water partition coefficient (Wildman–Crippen LogP) is 0.408. The number of hydrogen-bond donors (Lipinski definition) is 2. The van der Waals surface area contributed by atoms with Crippen molar-refractivity contribution in [3.8, 4) is 0 Å². The quantitative estimate of drug-likeness (QED) is 0.772. The van der Waals surface area contributed by atoms with E-state index in [2.05, 4.69) is 15.2 Å². The third-order valence-corrected chi connectivity index (χ3v) is 2.65. The van der Waals surface area contributed by atoms with Crippen LogP contribution >= 0.6 is 0 Å². The fourth-order valence-corrected chi connectivity index (χ4v) is 1.69. The van der Waals surface area contributed by atoms with Crippen molar-refractivity contribution < 1.29 is 4.74 Å². The van der Waals surface area contributed by atoms with Gasteiger partial charge in [-0.3, -0.25) is 4.90 Å². The van der Waals surface area contributed by atoms with Crippen LogP contribution in [0, 0.1) is 0 Å². The normalized spacial score (nSPS) is 17.2. The largest absolute Gasteiger partial charge is 0.384 e. The van der Waals surface area contributed by atoms with E-state index in [-0.39, 0.29) is 0 Å². The smallest absolute Gasteiger partial charge is 0.123 e. The van der Waals surface area contributed by atoms with Crippen LogP contribution in [-0.4, -0.2) is 49.3 Å². The van der Waals surface area contributed by atoms with Gasteiger partial charge in [-0.15, -0.1) is 0 Å². The van der Waals surface area contributed by atoms with Crippen molar-refractivity contribution >= 4 is 11.5 Å². The Bertz CT molecular complexity index is 308. The number of rotatable bonds is 4. The monoisotopic (exact) mass is 222 g/mol. The molecule has 88 valence electrons. The molecule has 1 aliphatic heterocycles. The number of pyridine rings is 1. The summed E-state index contributed by atoms with van der Waals surface area (Å²) in [7, 11) is 0. The van der Waals surface area contributed by atoms with Gasteiger partial charge in [0.25, 0.3) is 0 Å². The zero-order valence-electron chi connectivity index (χ0n) is 9.35. The highest BCUT2D eigenvalue weighted by molar-refractivity contribution is 5.45. The fourth-order valence-electron chi connectivity index (χ4n) is 1.69. The van der Waals surface area contributed by atoms with Crippen LogP contribution in [0.5, 0.6) is 0 Å². The highest BCUT2D eigenvalue weighted by Crippen LogP contribution is 2.06. The number of nitrogens with zero attached hydrogens (tertiary/aromatic N) is 2. The Morgan fingerprint density at radius 2 is 2.19 bits per heavy atom. The van der Waals surface area contributed by atoms with Gasteiger partial charge in [0.05, 0.1) is 25.1 Å². The summed E-state index contributed by atoms with van der Waals surface area (Å²) in [4.78, 5) is 6.42. The predicted molar refractivity (Wildman–Crippen MR) is 64.4 cm³/mol. The molecule has 1 aliphatic rings. The minimum absolute atomic E-state index is 0.554. The average Bonchev–Trinajstić information content (AvgIpc) is 2.33. The molecule has 5 nitrogen and oxygen atoms in total. The molecule has 2 rings (SSSR count). The van der Waals surface area contributed by atoms with Crippen LogP contribution in [0.1, 0.15) is 0 Å². The average molecular weight is 222 g/mol. The summed E-state index contributed by atoms with van der Waals surface area (Å²) in [5, 5.41) is 3.32. The Labute approximate surface area is 95.6 Å². The fraction of sp³-hybridized carbons (Fsp3) is 0.545. The van der Waals surface area contributed by atoms with E-state index in [9.17, 15) is 0 Å². The molecule has 0 spiro atoms. The van der Waals surface area contributed by atoms with Crippen LogP contribution in [0.3, 0.4) is 0 Å². The van der Waals surface area contributed by atoms with Crippen molar-refractivity contribution in [3.05, 3.63) is 18.3 Å². The molecular weight excluding hydrogens is 204 g/mol. The Kier molecular flexibility index (Phi) is 3.96. The van der Waals surface area contributed by atoms with Gasteiger partial charge in [0.1, 0.15) is 5.82 Å². The van der Waals surface area contributed by atoms with E-state index in [0.29, 0.717) is 5.82 Å². The van der Waals surface area contributed by atoms with Gasteiger partial charge in [0.15, 0.2) is 0 Å². The van der Waals surface area contributed by atoms with Gasteiger partial charge >= 0.3 is 0 Å². The van der Waals surface area contributed by atoms with Gasteiger partial charge in [-0.05, 0) is 12.1 Å². The standard InChI is InChI=1S/C11H18N4O/c12-11-2-1-10(9-14-11)13-3-4-15-5-7-16-8-6-15/h1-2,9,13H,3-8H2,(H2,12,14). The second-order valence-corrected chi connectivity index (χ2v) is 3.85. The first-order valence-electron chi connectivity index (χ1n) is 5.60. The molecular formula is C11H18N4O. The molecule has 1 aromatic rings. The molecule has 0 aromatic carbocycles. The number of morpholine rings is 1. The molecule has 2 heterocycles. The van der Waals surface area contributed by atoms with E-state index < -0.39 is 0 Å². The number of hydrogen-bond acceptors (Lipinski definition) is 5. The molecule has 0 saturated carbocycles. The number of nitrogen functional groups attached to an aromatic ring is 1. The lowest BCUT2D eigenvalue weighted by atomic mass is 10.3. The van der Waals surface area contributed by atoms with Crippen molar-refractivity contribution in [2.45, 2.75) is 0 Å². The van der Waals surface area contributed by atoms with Crippen LogP contribution in [0.4, 0.5) is 11.5 Å². The van der Waals surface area contributed by atoms with Crippen molar-refractivity contribution in [2.75, 3.05) is 50.4 Å². The molecule has 0 radical (unpaired) electrons. The maximum Gasteiger partial charge on any atom is 0.123 e. The molecule has 5 heteroatoms. The van der Waals surface area contributed by atoms with Gasteiger partial charge in [-0.2, -0.15) is 0 Å². The van der Waals surface area contributed by atoms with Gasteiger partial charge in [-0.25, -0.2) is 4.98 Å². The van der Waals surface area contributed by atoms with E-state index in [1.165, 1.54) is 0 Å². The van der Waals surface area contributed by atoms with Crippen molar-refractivity contribution in [1.82, 2.24) is 9.88 Å². The maximum absolute atomic E-state index is 5.51. The van der Waals surface area contributed by atoms with Crippen molar-refractivity contribution in [3.63, 3.8) is 0 Å². The molecule has 0 unspecified atom stereocenters. The number of aromatic nitrogens is 1. The van der Waals surface area contributed by atoms with E-state index in [4.69, 9.17) is 10.5 Å². The molecule has 3 N–H and O–H groups in total. The first-order valence-corrected chi connectivity index (χ1v) is 5.60. The Morgan fingerprint density at radius 1 is 1.38 bits per heavy atom. The molecule has 0 aliphatic carbocycles. The van der Waals surface area contributed by atoms with Crippen LogP contribution in [0.25, 0.3) is 0 Å². The lowest BCUT2D eigenvalue weighted by molar-refractivity contribution is 0.0398. The van der Waals surface area contributed by atoms with E-state index in [1.807, 2.05) is 6.07 Å². The third kappa shape index (κ3) is 3.36. The number of nitrogens with one attached hydrogen (secondary N) is 1. The summed E-state index contributed by atoms with van der Waals surface area (Å²) in [6.45, 7) is 5.72. The highest BCUT2D eigenvalue weighted by atomic mass is 16.5. The van der Waals surface area contributed by atoms with E-state index >= 15 is 0 Å². The Balaban J connectivity index is 1.69. The Morgan fingerprint density at radius 3 is 2.88 bits per heavy atom. The van der Waals surface area contributed by atoms with E-state index in [0.717, 1.165) is 45.1 Å². The summed E-state index contributed by atoms with van der Waals surface area (Å²) in [5.41, 5.74) is 6.53.